The molecule has 42 heavy (non-hydrogen) atoms. The minimum absolute atomic E-state index is 0.145. The second kappa shape index (κ2) is 14.3. The SMILES string of the molecule is Cc1ccc(C(C(=O)Nc2c(C)cccc2Cl)N(CCO)C(=O)C(Cc2ccccc2)NC(=O)OC(C)(C)C)cc1C. The lowest BCUT2D eigenvalue weighted by Crippen LogP contribution is -2.54. The highest BCUT2D eigenvalue weighted by molar-refractivity contribution is 6.34. The molecule has 0 bridgehead atoms. The quantitative estimate of drug-likeness (QED) is 0.271. The molecule has 0 spiro atoms. The third-order valence-electron chi connectivity index (χ3n) is 6.77. The lowest BCUT2D eigenvalue weighted by atomic mass is 9.97. The predicted octanol–water partition coefficient (Wildman–Crippen LogP) is 5.90. The van der Waals surface area contributed by atoms with Crippen molar-refractivity contribution in [2.45, 2.75) is 65.6 Å². The zero-order chi connectivity index (χ0) is 31.0. The van der Waals surface area contributed by atoms with Gasteiger partial charge >= 0.3 is 6.09 Å². The molecule has 0 aliphatic carbocycles. The molecular formula is C33H40ClN3O5. The number of rotatable bonds is 10. The van der Waals surface area contributed by atoms with E-state index in [4.69, 9.17) is 16.3 Å². The van der Waals surface area contributed by atoms with E-state index in [-0.39, 0.29) is 13.0 Å². The van der Waals surface area contributed by atoms with Crippen LogP contribution in [0.4, 0.5) is 10.5 Å². The number of ether oxygens (including phenoxy) is 1. The van der Waals surface area contributed by atoms with Crippen LogP contribution in [0.3, 0.4) is 0 Å². The van der Waals surface area contributed by atoms with Crippen molar-refractivity contribution in [3.8, 4) is 0 Å². The van der Waals surface area contributed by atoms with Gasteiger partial charge in [-0.25, -0.2) is 4.79 Å². The number of carbonyl (C=O) groups excluding carboxylic acids is 3. The molecule has 0 aliphatic rings. The molecule has 3 amide bonds. The average molecular weight is 594 g/mol. The van der Waals surface area contributed by atoms with Crippen LogP contribution in [0.2, 0.25) is 5.02 Å². The number of aryl methyl sites for hydroxylation is 3. The Balaban J connectivity index is 2.09. The van der Waals surface area contributed by atoms with E-state index in [1.54, 1.807) is 39.0 Å². The van der Waals surface area contributed by atoms with Gasteiger partial charge in [0.1, 0.15) is 17.7 Å². The first-order valence-electron chi connectivity index (χ1n) is 13.9. The highest BCUT2D eigenvalue weighted by Crippen LogP contribution is 2.30. The fourth-order valence-corrected chi connectivity index (χ4v) is 4.83. The maximum absolute atomic E-state index is 14.3. The highest BCUT2D eigenvalue weighted by Gasteiger charge is 2.36. The van der Waals surface area contributed by atoms with Gasteiger partial charge in [-0.05, 0) is 75.4 Å². The Morgan fingerprint density at radius 2 is 1.62 bits per heavy atom. The van der Waals surface area contributed by atoms with E-state index in [2.05, 4.69) is 10.6 Å². The van der Waals surface area contributed by atoms with Crippen molar-refractivity contribution in [2.75, 3.05) is 18.5 Å². The van der Waals surface area contributed by atoms with Gasteiger partial charge in [-0.15, -0.1) is 0 Å². The summed E-state index contributed by atoms with van der Waals surface area (Å²) in [4.78, 5) is 42.6. The molecule has 0 aliphatic heterocycles. The Morgan fingerprint density at radius 1 is 0.929 bits per heavy atom. The molecule has 0 fully saturated rings. The third kappa shape index (κ3) is 8.81. The van der Waals surface area contributed by atoms with E-state index in [0.29, 0.717) is 16.3 Å². The first kappa shape index (κ1) is 32.6. The van der Waals surface area contributed by atoms with Gasteiger partial charge in [0, 0.05) is 13.0 Å². The smallest absolute Gasteiger partial charge is 0.408 e. The molecule has 0 radical (unpaired) electrons. The first-order valence-corrected chi connectivity index (χ1v) is 14.3. The van der Waals surface area contributed by atoms with Gasteiger partial charge in [-0.1, -0.05) is 72.3 Å². The van der Waals surface area contributed by atoms with Crippen molar-refractivity contribution in [2.24, 2.45) is 0 Å². The highest BCUT2D eigenvalue weighted by atomic mass is 35.5. The molecule has 2 unspecified atom stereocenters. The molecule has 3 N–H and O–H groups in total. The molecule has 9 heteroatoms. The molecule has 3 aromatic carbocycles. The second-order valence-electron chi connectivity index (χ2n) is 11.3. The maximum Gasteiger partial charge on any atom is 0.408 e. The van der Waals surface area contributed by atoms with Gasteiger partial charge in [-0.2, -0.15) is 0 Å². The van der Waals surface area contributed by atoms with E-state index in [9.17, 15) is 19.5 Å². The molecule has 0 saturated heterocycles. The van der Waals surface area contributed by atoms with Gasteiger partial charge in [0.2, 0.25) is 5.91 Å². The summed E-state index contributed by atoms with van der Waals surface area (Å²) in [5.74, 6) is -1.06. The standard InChI is InChI=1S/C33H40ClN3O5/c1-21-15-16-25(19-23(21)3)29(30(39)36-28-22(2)11-10-14-26(28)34)37(17-18-38)31(40)27(20-24-12-8-7-9-13-24)35-32(41)42-33(4,5)6/h7-16,19,27,29,38H,17-18,20H2,1-6H3,(H,35,41)(H,36,39). The minimum atomic E-state index is -1.14. The average Bonchev–Trinajstić information content (AvgIpc) is 2.91. The number of nitrogens with one attached hydrogen (secondary N) is 2. The number of aliphatic hydroxyl groups excluding tert-OH is 1. The van der Waals surface area contributed by atoms with Crippen LogP contribution in [-0.4, -0.2) is 52.7 Å². The fourth-order valence-electron chi connectivity index (χ4n) is 4.56. The molecule has 224 valence electrons. The summed E-state index contributed by atoms with van der Waals surface area (Å²) >= 11 is 6.43. The van der Waals surface area contributed by atoms with Gasteiger partial charge in [-0.3, -0.25) is 9.59 Å². The molecule has 0 aromatic heterocycles. The molecule has 2 atom stereocenters. The van der Waals surface area contributed by atoms with Crippen molar-refractivity contribution in [3.05, 3.63) is 99.6 Å². The van der Waals surface area contributed by atoms with Crippen LogP contribution in [0.25, 0.3) is 0 Å². The van der Waals surface area contributed by atoms with E-state index in [1.807, 2.05) is 69.3 Å². The topological polar surface area (TPSA) is 108 Å². The summed E-state index contributed by atoms with van der Waals surface area (Å²) in [5.41, 5.74) is 3.71. The fraction of sp³-hybridized carbons (Fsp3) is 0.364. The largest absolute Gasteiger partial charge is 0.444 e. The van der Waals surface area contributed by atoms with E-state index < -0.39 is 42.2 Å². The Morgan fingerprint density at radius 3 is 2.21 bits per heavy atom. The Kier molecular flexibility index (Phi) is 11.1. The van der Waals surface area contributed by atoms with Crippen molar-refractivity contribution in [1.82, 2.24) is 10.2 Å². The van der Waals surface area contributed by atoms with Crippen molar-refractivity contribution < 1.29 is 24.2 Å². The van der Waals surface area contributed by atoms with Crippen LogP contribution >= 0.6 is 11.6 Å². The number of hydrogen-bond donors (Lipinski definition) is 3. The second-order valence-corrected chi connectivity index (χ2v) is 11.7. The molecule has 0 heterocycles. The monoisotopic (exact) mass is 593 g/mol. The summed E-state index contributed by atoms with van der Waals surface area (Å²) < 4.78 is 5.46. The summed E-state index contributed by atoms with van der Waals surface area (Å²) in [6.07, 6.45) is -0.620. The van der Waals surface area contributed by atoms with Crippen LogP contribution in [0.5, 0.6) is 0 Å². The summed E-state index contributed by atoms with van der Waals surface area (Å²) in [6, 6.07) is 17.8. The van der Waals surface area contributed by atoms with Crippen molar-refractivity contribution in [3.63, 3.8) is 0 Å². The van der Waals surface area contributed by atoms with Gasteiger partial charge in [0.05, 0.1) is 17.3 Å². The van der Waals surface area contributed by atoms with E-state index >= 15 is 0 Å². The zero-order valence-corrected chi connectivity index (χ0v) is 25.8. The molecule has 8 nitrogen and oxygen atoms in total. The maximum atomic E-state index is 14.3. The van der Waals surface area contributed by atoms with Crippen LogP contribution in [0.15, 0.2) is 66.7 Å². The number of nitrogens with zero attached hydrogens (tertiary/aromatic N) is 1. The normalized spacial score (nSPS) is 12.7. The summed E-state index contributed by atoms with van der Waals surface area (Å²) in [6.45, 7) is 10.3. The van der Waals surface area contributed by atoms with Crippen LogP contribution < -0.4 is 10.6 Å². The third-order valence-corrected chi connectivity index (χ3v) is 7.09. The number of halogens is 1. The Hall–Kier alpha value is -3.88. The number of amides is 3. The molecule has 3 rings (SSSR count). The molecular weight excluding hydrogens is 554 g/mol. The Labute approximate surface area is 253 Å². The number of para-hydroxylation sites is 1. The van der Waals surface area contributed by atoms with E-state index in [1.165, 1.54) is 4.90 Å². The summed E-state index contributed by atoms with van der Waals surface area (Å²) in [7, 11) is 0. The van der Waals surface area contributed by atoms with Gasteiger partial charge in [0.25, 0.3) is 5.91 Å². The number of alkyl carbamates (subject to hydrolysis) is 1. The zero-order valence-electron chi connectivity index (χ0n) is 25.0. The van der Waals surface area contributed by atoms with Crippen molar-refractivity contribution in [1.29, 1.82) is 0 Å². The predicted molar refractivity (Wildman–Crippen MR) is 166 cm³/mol. The minimum Gasteiger partial charge on any atom is -0.444 e. The van der Waals surface area contributed by atoms with Gasteiger partial charge < -0.3 is 25.4 Å². The lowest BCUT2D eigenvalue weighted by Gasteiger charge is -2.34. The van der Waals surface area contributed by atoms with Gasteiger partial charge in [0.15, 0.2) is 0 Å². The number of carbonyl (C=O) groups is 3. The number of hydrogen-bond acceptors (Lipinski definition) is 5. The number of anilines is 1. The Bertz CT molecular complexity index is 1380. The van der Waals surface area contributed by atoms with E-state index in [0.717, 1.165) is 22.3 Å². The summed E-state index contributed by atoms with van der Waals surface area (Å²) in [5, 5.41) is 16.1. The lowest BCUT2D eigenvalue weighted by molar-refractivity contribution is -0.141. The van der Waals surface area contributed by atoms with Crippen LogP contribution in [0, 0.1) is 20.8 Å². The number of aliphatic hydroxyl groups is 1. The molecule has 3 aromatic rings. The molecule has 0 saturated carbocycles. The van der Waals surface area contributed by atoms with Crippen LogP contribution in [0.1, 0.15) is 54.6 Å². The van der Waals surface area contributed by atoms with Crippen molar-refractivity contribution >= 4 is 35.2 Å². The van der Waals surface area contributed by atoms with Crippen LogP contribution in [-0.2, 0) is 20.7 Å². The first-order chi connectivity index (χ1) is 19.8. The number of benzene rings is 3.